The lowest BCUT2D eigenvalue weighted by Crippen LogP contribution is -2.20. The first-order chi connectivity index (χ1) is 19.1. The molecule has 0 bridgehead atoms. The Morgan fingerprint density at radius 3 is 1.80 bits per heavy atom. The number of alkyl halides is 6. The maximum Gasteiger partial charge on any atom is 0.416 e. The van der Waals surface area contributed by atoms with Gasteiger partial charge in [-0.15, -0.1) is 0 Å². The van der Waals surface area contributed by atoms with Crippen molar-refractivity contribution in [2.45, 2.75) is 26.2 Å². The van der Waals surface area contributed by atoms with E-state index in [9.17, 15) is 45.5 Å². The fourth-order valence-corrected chi connectivity index (χ4v) is 3.78. The summed E-state index contributed by atoms with van der Waals surface area (Å²) in [5.41, 5.74) is -3.53. The van der Waals surface area contributed by atoms with Crippen LogP contribution >= 0.6 is 0 Å². The Morgan fingerprint density at radius 2 is 1.27 bits per heavy atom. The monoisotopic (exact) mass is 584 g/mol. The van der Waals surface area contributed by atoms with E-state index in [1.165, 1.54) is 23.9 Å². The Labute approximate surface area is 227 Å². The molecule has 2 aromatic heterocycles. The first-order valence-corrected chi connectivity index (χ1v) is 11.9. The van der Waals surface area contributed by atoms with Crippen LogP contribution in [0.15, 0.2) is 58.4 Å². The van der Waals surface area contributed by atoms with Crippen molar-refractivity contribution >= 4 is 33.7 Å². The van der Waals surface area contributed by atoms with Crippen molar-refractivity contribution in [3.8, 4) is 0 Å². The van der Waals surface area contributed by atoms with Crippen molar-refractivity contribution in [3.63, 3.8) is 0 Å². The molecule has 0 saturated carbocycles. The second-order valence-electron chi connectivity index (χ2n) is 8.44. The average Bonchev–Trinajstić information content (AvgIpc) is 2.90. The highest BCUT2D eigenvalue weighted by atomic mass is 19.4. The van der Waals surface area contributed by atoms with Gasteiger partial charge in [0.25, 0.3) is 0 Å². The standard InChI is InChI=1S/C14H12F3NO3.C13H10F3NO3/c1-3-21-13(20)10-7-18(2)11-5-4-8(14(15,16)17)6-9(11)12(10)19;1-2-20-12(19)9-6-17-10-4-3-7(13(14,15)16)5-8(10)11(9)18/h4-7H,3H2,1-2H3;3-6H,2H2,1H3,(H,17,18). The number of aromatic nitrogens is 2. The molecule has 0 spiro atoms. The molecular weight excluding hydrogens is 562 g/mol. The summed E-state index contributed by atoms with van der Waals surface area (Å²) in [4.78, 5) is 50.1. The summed E-state index contributed by atoms with van der Waals surface area (Å²) >= 11 is 0. The van der Waals surface area contributed by atoms with Gasteiger partial charge in [0.1, 0.15) is 11.1 Å². The second-order valence-corrected chi connectivity index (χ2v) is 8.44. The topological polar surface area (TPSA) is 107 Å². The number of fused-ring (bicyclic) bond motifs is 2. The molecule has 2 heterocycles. The van der Waals surface area contributed by atoms with Gasteiger partial charge < -0.3 is 19.0 Å². The third kappa shape index (κ3) is 6.76. The Balaban J connectivity index is 0.000000226. The summed E-state index contributed by atoms with van der Waals surface area (Å²) in [6, 6.07) is 5.58. The molecule has 0 aliphatic heterocycles. The fourth-order valence-electron chi connectivity index (χ4n) is 3.78. The Bertz CT molecular complexity index is 1740. The molecule has 41 heavy (non-hydrogen) atoms. The number of ether oxygens (including phenoxy) is 2. The zero-order valence-corrected chi connectivity index (χ0v) is 21.7. The summed E-state index contributed by atoms with van der Waals surface area (Å²) in [7, 11) is 1.54. The quantitative estimate of drug-likeness (QED) is 0.252. The summed E-state index contributed by atoms with van der Waals surface area (Å²) in [6.45, 7) is 3.28. The van der Waals surface area contributed by atoms with E-state index in [1.807, 2.05) is 0 Å². The van der Waals surface area contributed by atoms with Gasteiger partial charge in [-0.25, -0.2) is 9.59 Å². The van der Waals surface area contributed by atoms with Gasteiger partial charge in [-0.1, -0.05) is 0 Å². The number of nitrogens with zero attached hydrogens (tertiary/aromatic N) is 1. The highest BCUT2D eigenvalue weighted by Gasteiger charge is 2.32. The van der Waals surface area contributed by atoms with Crippen LogP contribution in [0.5, 0.6) is 0 Å². The summed E-state index contributed by atoms with van der Waals surface area (Å²) in [6.07, 6.45) is -6.72. The third-order valence-corrected chi connectivity index (χ3v) is 5.71. The van der Waals surface area contributed by atoms with Crippen LogP contribution in [0.25, 0.3) is 21.8 Å². The van der Waals surface area contributed by atoms with Crippen LogP contribution in [0, 0.1) is 0 Å². The smallest absolute Gasteiger partial charge is 0.416 e. The summed E-state index contributed by atoms with van der Waals surface area (Å²) in [5, 5.41) is -0.372. The van der Waals surface area contributed by atoms with E-state index < -0.39 is 46.3 Å². The fraction of sp³-hybridized carbons (Fsp3) is 0.259. The zero-order chi connectivity index (χ0) is 30.7. The highest BCUT2D eigenvalue weighted by molar-refractivity contribution is 5.94. The summed E-state index contributed by atoms with van der Waals surface area (Å²) < 4.78 is 86.9. The normalized spacial score (nSPS) is 11.6. The molecule has 218 valence electrons. The van der Waals surface area contributed by atoms with Crippen LogP contribution in [-0.2, 0) is 28.9 Å². The van der Waals surface area contributed by atoms with Gasteiger partial charge in [0.15, 0.2) is 0 Å². The van der Waals surface area contributed by atoms with E-state index in [0.29, 0.717) is 5.52 Å². The number of halogens is 6. The Kier molecular flexibility index (Phi) is 8.94. The number of H-pyrrole nitrogens is 1. The molecule has 1 N–H and O–H groups in total. The van der Waals surface area contributed by atoms with Crippen molar-refractivity contribution in [3.05, 3.63) is 91.5 Å². The van der Waals surface area contributed by atoms with Gasteiger partial charge in [-0.3, -0.25) is 9.59 Å². The molecule has 0 radical (unpaired) electrons. The van der Waals surface area contributed by atoms with Crippen LogP contribution < -0.4 is 10.9 Å². The number of pyridine rings is 2. The first kappa shape index (κ1) is 30.9. The van der Waals surface area contributed by atoms with Crippen LogP contribution in [0.1, 0.15) is 45.7 Å². The van der Waals surface area contributed by atoms with Crippen molar-refractivity contribution < 1.29 is 45.4 Å². The predicted molar refractivity (Wildman–Crippen MR) is 136 cm³/mol. The molecule has 0 unspecified atom stereocenters. The van der Waals surface area contributed by atoms with Crippen LogP contribution in [0.3, 0.4) is 0 Å². The molecule has 0 aliphatic carbocycles. The maximum atomic E-state index is 12.7. The molecule has 0 fully saturated rings. The lowest BCUT2D eigenvalue weighted by Gasteiger charge is -2.11. The molecule has 14 heteroatoms. The van der Waals surface area contributed by atoms with E-state index >= 15 is 0 Å². The number of aryl methyl sites for hydroxylation is 1. The largest absolute Gasteiger partial charge is 0.462 e. The van der Waals surface area contributed by atoms with Gasteiger partial charge in [0.05, 0.1) is 29.9 Å². The number of hydrogen-bond donors (Lipinski definition) is 1. The van der Waals surface area contributed by atoms with Gasteiger partial charge in [-0.05, 0) is 50.2 Å². The number of carbonyl (C=O) groups is 2. The Hall–Kier alpha value is -4.62. The number of nitrogens with one attached hydrogen (secondary N) is 1. The second kappa shape index (κ2) is 11.9. The molecule has 0 aliphatic rings. The van der Waals surface area contributed by atoms with Crippen molar-refractivity contribution in [1.29, 1.82) is 0 Å². The van der Waals surface area contributed by atoms with Crippen LogP contribution in [-0.4, -0.2) is 34.7 Å². The van der Waals surface area contributed by atoms with E-state index in [2.05, 4.69) is 9.72 Å². The number of esters is 2. The number of aromatic amines is 1. The minimum Gasteiger partial charge on any atom is -0.462 e. The van der Waals surface area contributed by atoms with E-state index in [4.69, 9.17) is 4.74 Å². The number of carbonyl (C=O) groups excluding carboxylic acids is 2. The molecule has 4 aromatic rings. The summed E-state index contributed by atoms with van der Waals surface area (Å²) in [5.74, 6) is -1.72. The number of rotatable bonds is 4. The lowest BCUT2D eigenvalue weighted by atomic mass is 10.1. The van der Waals surface area contributed by atoms with E-state index in [0.717, 1.165) is 36.5 Å². The molecule has 0 amide bonds. The third-order valence-electron chi connectivity index (χ3n) is 5.71. The molecule has 4 rings (SSSR count). The first-order valence-electron chi connectivity index (χ1n) is 11.9. The minimum atomic E-state index is -4.56. The van der Waals surface area contributed by atoms with E-state index in [1.54, 1.807) is 13.8 Å². The van der Waals surface area contributed by atoms with Gasteiger partial charge in [0.2, 0.25) is 10.9 Å². The van der Waals surface area contributed by atoms with Crippen molar-refractivity contribution in [1.82, 2.24) is 9.55 Å². The SMILES string of the molecule is CCOC(=O)c1c[nH]c2ccc(C(F)(F)F)cc2c1=O.CCOC(=O)c1cn(C)c2ccc(C(F)(F)F)cc2c1=O. The van der Waals surface area contributed by atoms with Crippen molar-refractivity contribution in [2.24, 2.45) is 7.05 Å². The Morgan fingerprint density at radius 1 is 0.780 bits per heavy atom. The lowest BCUT2D eigenvalue weighted by molar-refractivity contribution is -0.138. The number of benzene rings is 2. The van der Waals surface area contributed by atoms with Crippen LogP contribution in [0.4, 0.5) is 26.3 Å². The molecule has 0 saturated heterocycles. The molecule has 0 atom stereocenters. The molecule has 2 aromatic carbocycles. The molecular formula is C27H22F6N2O6. The van der Waals surface area contributed by atoms with Gasteiger partial charge in [0, 0.05) is 35.7 Å². The minimum absolute atomic E-state index is 0.0684. The molecule has 8 nitrogen and oxygen atoms in total. The number of hydrogen-bond acceptors (Lipinski definition) is 6. The highest BCUT2D eigenvalue weighted by Crippen LogP contribution is 2.31. The zero-order valence-electron chi connectivity index (χ0n) is 21.7. The van der Waals surface area contributed by atoms with Gasteiger partial charge in [-0.2, -0.15) is 26.3 Å². The van der Waals surface area contributed by atoms with Crippen LogP contribution in [0.2, 0.25) is 0 Å². The van der Waals surface area contributed by atoms with E-state index in [-0.39, 0.29) is 40.6 Å². The van der Waals surface area contributed by atoms with Crippen molar-refractivity contribution in [2.75, 3.05) is 13.2 Å². The maximum absolute atomic E-state index is 12.7. The average molecular weight is 584 g/mol. The van der Waals surface area contributed by atoms with Gasteiger partial charge >= 0.3 is 24.3 Å². The predicted octanol–water partition coefficient (Wildman–Crippen LogP) is 5.46.